The molecule has 2 heteroatoms. The van der Waals surface area contributed by atoms with Gasteiger partial charge in [-0.15, -0.1) is 0 Å². The second-order valence-electron chi connectivity index (χ2n) is 5.76. The average Bonchev–Trinajstić information content (AvgIpc) is 2.02. The molecule has 2 nitrogen and oxygen atoms in total. The van der Waals surface area contributed by atoms with Crippen molar-refractivity contribution in [1.82, 2.24) is 4.90 Å². The van der Waals surface area contributed by atoms with Crippen molar-refractivity contribution in [3.63, 3.8) is 0 Å². The van der Waals surface area contributed by atoms with Crippen LogP contribution in [0.5, 0.6) is 0 Å². The largest absolute Gasteiger partial charge is 0.327 e. The molecule has 0 aromatic rings. The first-order valence-electron chi connectivity index (χ1n) is 5.90. The second-order valence-corrected chi connectivity index (χ2v) is 5.76. The lowest BCUT2D eigenvalue weighted by Crippen LogP contribution is -2.47. The highest BCUT2D eigenvalue weighted by molar-refractivity contribution is 4.83. The maximum absolute atomic E-state index is 6.00. The molecule has 14 heavy (non-hydrogen) atoms. The first-order valence-corrected chi connectivity index (χ1v) is 5.90. The topological polar surface area (TPSA) is 29.3 Å². The molecule has 1 fully saturated rings. The van der Waals surface area contributed by atoms with Gasteiger partial charge in [0.2, 0.25) is 0 Å². The fourth-order valence-electron chi connectivity index (χ4n) is 2.15. The highest BCUT2D eigenvalue weighted by atomic mass is 15.1. The number of nitrogens with zero attached hydrogens (tertiary/aromatic N) is 1. The van der Waals surface area contributed by atoms with Gasteiger partial charge in [-0.1, -0.05) is 20.8 Å². The van der Waals surface area contributed by atoms with Gasteiger partial charge in [-0.2, -0.15) is 0 Å². The predicted molar refractivity (Wildman–Crippen MR) is 62.3 cm³/mol. The summed E-state index contributed by atoms with van der Waals surface area (Å²) in [6.07, 6.45) is 2.76. The Morgan fingerprint density at radius 2 is 2.14 bits per heavy atom. The molecule has 0 amide bonds. The summed E-state index contributed by atoms with van der Waals surface area (Å²) in [5.74, 6) is 0.868. The normalized spacial score (nSPS) is 27.6. The standard InChI is InChI=1S/C12H26N2/c1-10-6-5-7-14(8-10)9-12(3,4)11(2)13/h10-11H,5-9,13H2,1-4H3. The summed E-state index contributed by atoms with van der Waals surface area (Å²) < 4.78 is 0. The highest BCUT2D eigenvalue weighted by Gasteiger charge is 2.27. The van der Waals surface area contributed by atoms with E-state index in [0.29, 0.717) is 0 Å². The summed E-state index contributed by atoms with van der Waals surface area (Å²) in [6, 6.07) is 0.278. The lowest BCUT2D eigenvalue weighted by atomic mass is 9.84. The van der Waals surface area contributed by atoms with Gasteiger partial charge in [0.05, 0.1) is 0 Å². The van der Waals surface area contributed by atoms with Crippen LogP contribution in [0.25, 0.3) is 0 Å². The molecule has 0 aromatic carbocycles. The van der Waals surface area contributed by atoms with Crippen LogP contribution < -0.4 is 5.73 Å². The first kappa shape index (κ1) is 12.0. The molecular weight excluding hydrogens is 172 g/mol. The number of rotatable bonds is 3. The SMILES string of the molecule is CC1CCCN(CC(C)(C)C(C)N)C1. The van der Waals surface area contributed by atoms with E-state index in [0.717, 1.165) is 12.5 Å². The van der Waals surface area contributed by atoms with Crippen LogP contribution in [0.1, 0.15) is 40.5 Å². The van der Waals surface area contributed by atoms with Crippen LogP contribution in [0.3, 0.4) is 0 Å². The van der Waals surface area contributed by atoms with E-state index in [4.69, 9.17) is 5.73 Å². The van der Waals surface area contributed by atoms with Crippen LogP contribution in [0.4, 0.5) is 0 Å². The Labute approximate surface area is 88.8 Å². The van der Waals surface area contributed by atoms with E-state index in [1.165, 1.54) is 25.9 Å². The molecule has 0 spiro atoms. The fourth-order valence-corrected chi connectivity index (χ4v) is 2.15. The zero-order chi connectivity index (χ0) is 10.8. The van der Waals surface area contributed by atoms with Gasteiger partial charge in [-0.05, 0) is 37.6 Å². The minimum absolute atomic E-state index is 0.247. The molecule has 1 rings (SSSR count). The number of nitrogens with two attached hydrogens (primary N) is 1. The monoisotopic (exact) mass is 198 g/mol. The highest BCUT2D eigenvalue weighted by Crippen LogP contribution is 2.24. The van der Waals surface area contributed by atoms with Gasteiger partial charge < -0.3 is 10.6 Å². The van der Waals surface area contributed by atoms with Crippen molar-refractivity contribution in [3.05, 3.63) is 0 Å². The zero-order valence-corrected chi connectivity index (χ0v) is 10.2. The Kier molecular flexibility index (Phi) is 3.96. The van der Waals surface area contributed by atoms with Gasteiger partial charge in [-0.3, -0.25) is 0 Å². The minimum Gasteiger partial charge on any atom is -0.327 e. The molecule has 1 heterocycles. The summed E-state index contributed by atoms with van der Waals surface area (Å²) in [5, 5.41) is 0. The van der Waals surface area contributed by atoms with E-state index in [9.17, 15) is 0 Å². The van der Waals surface area contributed by atoms with Crippen LogP contribution in [0.2, 0.25) is 0 Å². The average molecular weight is 198 g/mol. The fraction of sp³-hybridized carbons (Fsp3) is 1.00. The molecule has 0 bridgehead atoms. The van der Waals surface area contributed by atoms with Gasteiger partial charge in [0.1, 0.15) is 0 Å². The van der Waals surface area contributed by atoms with E-state index >= 15 is 0 Å². The molecule has 2 N–H and O–H groups in total. The van der Waals surface area contributed by atoms with Crippen LogP contribution in [-0.2, 0) is 0 Å². The van der Waals surface area contributed by atoms with Crippen molar-refractivity contribution >= 4 is 0 Å². The molecule has 0 aliphatic carbocycles. The summed E-state index contributed by atoms with van der Waals surface area (Å²) in [6.45, 7) is 12.7. The van der Waals surface area contributed by atoms with Gasteiger partial charge in [0, 0.05) is 19.1 Å². The van der Waals surface area contributed by atoms with Crippen molar-refractivity contribution in [2.24, 2.45) is 17.1 Å². The van der Waals surface area contributed by atoms with Gasteiger partial charge >= 0.3 is 0 Å². The van der Waals surface area contributed by atoms with Crippen molar-refractivity contribution in [3.8, 4) is 0 Å². The van der Waals surface area contributed by atoms with Crippen molar-refractivity contribution < 1.29 is 0 Å². The molecule has 1 aliphatic rings. The molecule has 1 saturated heterocycles. The van der Waals surface area contributed by atoms with Gasteiger partial charge in [0.25, 0.3) is 0 Å². The third-order valence-corrected chi connectivity index (χ3v) is 3.60. The second kappa shape index (κ2) is 4.63. The van der Waals surface area contributed by atoms with Crippen LogP contribution in [-0.4, -0.2) is 30.6 Å². The third-order valence-electron chi connectivity index (χ3n) is 3.60. The molecule has 0 radical (unpaired) electrons. The molecule has 2 unspecified atom stereocenters. The number of hydrogen-bond donors (Lipinski definition) is 1. The van der Waals surface area contributed by atoms with Crippen LogP contribution in [0.15, 0.2) is 0 Å². The summed E-state index contributed by atoms with van der Waals surface area (Å²) in [4.78, 5) is 2.58. The molecule has 0 aromatic heterocycles. The Bertz CT molecular complexity index is 175. The number of hydrogen-bond acceptors (Lipinski definition) is 2. The number of likely N-dealkylation sites (tertiary alicyclic amines) is 1. The van der Waals surface area contributed by atoms with E-state index in [1.54, 1.807) is 0 Å². The number of piperidine rings is 1. The Hall–Kier alpha value is -0.0800. The Morgan fingerprint density at radius 1 is 1.50 bits per heavy atom. The van der Waals surface area contributed by atoms with Crippen molar-refractivity contribution in [1.29, 1.82) is 0 Å². The van der Waals surface area contributed by atoms with E-state index < -0.39 is 0 Å². The smallest absolute Gasteiger partial charge is 0.00739 e. The quantitative estimate of drug-likeness (QED) is 0.752. The summed E-state index contributed by atoms with van der Waals surface area (Å²) in [5.41, 5.74) is 6.24. The predicted octanol–water partition coefficient (Wildman–Crippen LogP) is 2.09. The van der Waals surface area contributed by atoms with Gasteiger partial charge in [0.15, 0.2) is 0 Å². The van der Waals surface area contributed by atoms with E-state index in [2.05, 4.69) is 32.6 Å². The first-order chi connectivity index (χ1) is 6.42. The van der Waals surface area contributed by atoms with Crippen LogP contribution >= 0.6 is 0 Å². The molecule has 84 valence electrons. The lowest BCUT2D eigenvalue weighted by Gasteiger charge is -2.39. The summed E-state index contributed by atoms with van der Waals surface area (Å²) in [7, 11) is 0. The molecule has 2 atom stereocenters. The molecule has 1 aliphatic heterocycles. The Balaban J connectivity index is 2.43. The lowest BCUT2D eigenvalue weighted by molar-refractivity contribution is 0.114. The molecular formula is C12H26N2. The van der Waals surface area contributed by atoms with Gasteiger partial charge in [-0.25, -0.2) is 0 Å². The summed E-state index contributed by atoms with van der Waals surface area (Å²) >= 11 is 0. The molecule has 0 saturated carbocycles. The Morgan fingerprint density at radius 3 is 2.64 bits per heavy atom. The van der Waals surface area contributed by atoms with E-state index in [-0.39, 0.29) is 11.5 Å². The van der Waals surface area contributed by atoms with Crippen molar-refractivity contribution in [2.75, 3.05) is 19.6 Å². The third kappa shape index (κ3) is 3.25. The van der Waals surface area contributed by atoms with Crippen LogP contribution in [0, 0.1) is 11.3 Å². The maximum Gasteiger partial charge on any atom is 0.00739 e. The van der Waals surface area contributed by atoms with E-state index in [1.807, 2.05) is 0 Å². The van der Waals surface area contributed by atoms with Crippen molar-refractivity contribution in [2.45, 2.75) is 46.6 Å². The zero-order valence-electron chi connectivity index (χ0n) is 10.2. The minimum atomic E-state index is 0.247. The maximum atomic E-state index is 6.00.